The minimum Gasteiger partial charge on any atom is -0.370 e. The van der Waals surface area contributed by atoms with Crippen LogP contribution in [0.3, 0.4) is 0 Å². The van der Waals surface area contributed by atoms with Crippen molar-refractivity contribution in [1.82, 2.24) is 10.6 Å². The first-order valence-corrected chi connectivity index (χ1v) is 5.62. The van der Waals surface area contributed by atoms with E-state index in [4.69, 9.17) is 0 Å². The van der Waals surface area contributed by atoms with E-state index in [2.05, 4.69) is 15.4 Å². The Morgan fingerprint density at radius 1 is 1.44 bits per heavy atom. The standard InChI is InChI=1S/C10H17F3N2O2.ClH/c11-10(12,13)7-17-5-4-15-9(16)6-8-2-1-3-14-8;/h8,14H,1-7H2,(H,15,16);1H. The lowest BCUT2D eigenvalue weighted by Gasteiger charge is -2.11. The molecule has 0 saturated carbocycles. The number of rotatable bonds is 6. The van der Waals surface area contributed by atoms with Crippen LogP contribution in [0.25, 0.3) is 0 Å². The summed E-state index contributed by atoms with van der Waals surface area (Å²) in [5, 5.41) is 5.69. The normalized spacial score (nSPS) is 19.4. The fourth-order valence-electron chi connectivity index (χ4n) is 1.68. The molecule has 0 aromatic carbocycles. The molecule has 1 fully saturated rings. The Hall–Kier alpha value is -0.530. The summed E-state index contributed by atoms with van der Waals surface area (Å²) in [5.41, 5.74) is 0. The Balaban J connectivity index is 0.00000289. The van der Waals surface area contributed by atoms with Crippen molar-refractivity contribution >= 4 is 18.3 Å². The van der Waals surface area contributed by atoms with E-state index in [1.54, 1.807) is 0 Å². The number of alkyl halides is 3. The first-order chi connectivity index (χ1) is 7.97. The maximum absolute atomic E-state index is 11.7. The minimum atomic E-state index is -4.31. The van der Waals surface area contributed by atoms with Gasteiger partial charge in [0.25, 0.3) is 0 Å². The average molecular weight is 291 g/mol. The molecule has 0 aromatic rings. The lowest BCUT2D eigenvalue weighted by molar-refractivity contribution is -0.173. The second-order valence-electron chi connectivity index (χ2n) is 4.02. The quantitative estimate of drug-likeness (QED) is 0.724. The molecule has 1 saturated heterocycles. The summed E-state index contributed by atoms with van der Waals surface area (Å²) in [7, 11) is 0. The minimum absolute atomic E-state index is 0. The molecule has 0 aromatic heterocycles. The first-order valence-electron chi connectivity index (χ1n) is 5.62. The van der Waals surface area contributed by atoms with Gasteiger partial charge in [0.05, 0.1) is 6.61 Å². The number of carbonyl (C=O) groups is 1. The monoisotopic (exact) mass is 290 g/mol. The van der Waals surface area contributed by atoms with E-state index < -0.39 is 12.8 Å². The molecular formula is C10H18ClF3N2O2. The highest BCUT2D eigenvalue weighted by Crippen LogP contribution is 2.14. The van der Waals surface area contributed by atoms with Gasteiger partial charge in [0.2, 0.25) is 5.91 Å². The van der Waals surface area contributed by atoms with Crippen LogP contribution in [0.4, 0.5) is 13.2 Å². The smallest absolute Gasteiger partial charge is 0.370 e. The summed E-state index contributed by atoms with van der Waals surface area (Å²) >= 11 is 0. The summed E-state index contributed by atoms with van der Waals surface area (Å²) in [4.78, 5) is 11.3. The van der Waals surface area contributed by atoms with E-state index in [9.17, 15) is 18.0 Å². The van der Waals surface area contributed by atoms with Gasteiger partial charge in [-0.15, -0.1) is 12.4 Å². The van der Waals surface area contributed by atoms with Crippen molar-refractivity contribution in [3.8, 4) is 0 Å². The topological polar surface area (TPSA) is 50.4 Å². The molecule has 8 heteroatoms. The van der Waals surface area contributed by atoms with Crippen LogP contribution in [0.15, 0.2) is 0 Å². The molecule has 1 aliphatic rings. The third-order valence-corrected chi connectivity index (χ3v) is 2.43. The molecule has 0 bridgehead atoms. The van der Waals surface area contributed by atoms with Crippen LogP contribution >= 0.6 is 12.4 Å². The van der Waals surface area contributed by atoms with Gasteiger partial charge < -0.3 is 15.4 Å². The third kappa shape index (κ3) is 8.54. The van der Waals surface area contributed by atoms with E-state index in [-0.39, 0.29) is 37.5 Å². The van der Waals surface area contributed by atoms with E-state index in [1.807, 2.05) is 0 Å². The maximum Gasteiger partial charge on any atom is 0.411 e. The van der Waals surface area contributed by atoms with Crippen LogP contribution in [0.1, 0.15) is 19.3 Å². The predicted octanol–water partition coefficient (Wildman–Crippen LogP) is 1.25. The van der Waals surface area contributed by atoms with Crippen molar-refractivity contribution in [2.45, 2.75) is 31.5 Å². The molecule has 108 valence electrons. The Morgan fingerprint density at radius 2 is 2.17 bits per heavy atom. The van der Waals surface area contributed by atoms with Gasteiger partial charge in [0, 0.05) is 19.0 Å². The molecule has 0 aliphatic carbocycles. The molecule has 1 rings (SSSR count). The van der Waals surface area contributed by atoms with E-state index in [1.165, 1.54) is 0 Å². The maximum atomic E-state index is 11.7. The molecule has 1 unspecified atom stereocenters. The number of hydrogen-bond acceptors (Lipinski definition) is 3. The molecule has 1 atom stereocenters. The number of amides is 1. The predicted molar refractivity (Wildman–Crippen MR) is 62.8 cm³/mol. The zero-order valence-corrected chi connectivity index (χ0v) is 10.7. The highest BCUT2D eigenvalue weighted by molar-refractivity contribution is 5.85. The summed E-state index contributed by atoms with van der Waals surface area (Å²) < 4.78 is 39.4. The van der Waals surface area contributed by atoms with Gasteiger partial charge in [-0.2, -0.15) is 13.2 Å². The van der Waals surface area contributed by atoms with Crippen LogP contribution in [-0.4, -0.2) is 44.4 Å². The van der Waals surface area contributed by atoms with Gasteiger partial charge in [0.15, 0.2) is 0 Å². The highest BCUT2D eigenvalue weighted by atomic mass is 35.5. The average Bonchev–Trinajstić information content (AvgIpc) is 2.68. The molecule has 1 amide bonds. The van der Waals surface area contributed by atoms with Crippen molar-refractivity contribution in [3.63, 3.8) is 0 Å². The van der Waals surface area contributed by atoms with Crippen molar-refractivity contribution in [1.29, 1.82) is 0 Å². The molecule has 2 N–H and O–H groups in total. The molecule has 0 spiro atoms. The van der Waals surface area contributed by atoms with Crippen molar-refractivity contribution in [3.05, 3.63) is 0 Å². The summed E-state index contributed by atoms with van der Waals surface area (Å²) in [5.74, 6) is -0.153. The first kappa shape index (κ1) is 17.5. The zero-order chi connectivity index (χ0) is 12.7. The SMILES string of the molecule is Cl.O=C(CC1CCCN1)NCCOCC(F)(F)F. The van der Waals surface area contributed by atoms with Gasteiger partial charge in [0.1, 0.15) is 6.61 Å². The van der Waals surface area contributed by atoms with Crippen molar-refractivity contribution in [2.75, 3.05) is 26.3 Å². The Bertz CT molecular complexity index is 246. The largest absolute Gasteiger partial charge is 0.411 e. The molecule has 0 radical (unpaired) electrons. The van der Waals surface area contributed by atoms with Crippen LogP contribution in [0, 0.1) is 0 Å². The van der Waals surface area contributed by atoms with E-state index in [0.717, 1.165) is 19.4 Å². The van der Waals surface area contributed by atoms with Crippen molar-refractivity contribution < 1.29 is 22.7 Å². The van der Waals surface area contributed by atoms with E-state index >= 15 is 0 Å². The van der Waals surface area contributed by atoms with Crippen LogP contribution < -0.4 is 10.6 Å². The Morgan fingerprint density at radius 3 is 2.72 bits per heavy atom. The lowest BCUT2D eigenvalue weighted by atomic mass is 10.1. The second-order valence-corrected chi connectivity index (χ2v) is 4.02. The molecule has 1 heterocycles. The molecular weight excluding hydrogens is 273 g/mol. The third-order valence-electron chi connectivity index (χ3n) is 2.43. The number of halogens is 4. The van der Waals surface area contributed by atoms with Gasteiger partial charge in [-0.1, -0.05) is 0 Å². The summed E-state index contributed by atoms with van der Waals surface area (Å²) in [6.45, 7) is -0.356. The fourth-order valence-corrected chi connectivity index (χ4v) is 1.68. The molecule has 18 heavy (non-hydrogen) atoms. The van der Waals surface area contributed by atoms with Crippen LogP contribution in [-0.2, 0) is 9.53 Å². The Labute approximate surface area is 110 Å². The number of carbonyl (C=O) groups excluding carboxylic acids is 1. The van der Waals surface area contributed by atoms with Gasteiger partial charge in [-0.25, -0.2) is 0 Å². The summed E-state index contributed by atoms with van der Waals surface area (Å²) in [6, 6.07) is 0.200. The van der Waals surface area contributed by atoms with Gasteiger partial charge in [-0.3, -0.25) is 4.79 Å². The fraction of sp³-hybridized carbons (Fsp3) is 0.900. The zero-order valence-electron chi connectivity index (χ0n) is 9.89. The number of ether oxygens (including phenoxy) is 1. The molecule has 1 aliphatic heterocycles. The van der Waals surface area contributed by atoms with Gasteiger partial charge >= 0.3 is 6.18 Å². The lowest BCUT2D eigenvalue weighted by Crippen LogP contribution is -2.34. The van der Waals surface area contributed by atoms with Crippen LogP contribution in [0.2, 0.25) is 0 Å². The van der Waals surface area contributed by atoms with Gasteiger partial charge in [-0.05, 0) is 19.4 Å². The van der Waals surface area contributed by atoms with Crippen molar-refractivity contribution in [2.24, 2.45) is 0 Å². The Kier molecular flexibility index (Phi) is 8.30. The summed E-state index contributed by atoms with van der Waals surface area (Å²) in [6.07, 6.45) is -1.90. The number of hydrogen-bond donors (Lipinski definition) is 2. The highest BCUT2D eigenvalue weighted by Gasteiger charge is 2.27. The number of nitrogens with one attached hydrogen (secondary N) is 2. The van der Waals surface area contributed by atoms with E-state index in [0.29, 0.717) is 6.42 Å². The molecule has 4 nitrogen and oxygen atoms in total. The van der Waals surface area contributed by atoms with Crippen LogP contribution in [0.5, 0.6) is 0 Å². The second kappa shape index (κ2) is 8.55.